The van der Waals surface area contributed by atoms with Gasteiger partial charge >= 0.3 is 6.18 Å². The molecular formula is C10H15F3N2S. The van der Waals surface area contributed by atoms with Crippen LogP contribution in [0, 0.1) is 17.2 Å². The number of hydrogen-bond donors (Lipinski definition) is 1. The lowest BCUT2D eigenvalue weighted by atomic mass is 10.1. The highest BCUT2D eigenvalue weighted by Gasteiger charge is 2.39. The van der Waals surface area contributed by atoms with Gasteiger partial charge < -0.3 is 5.32 Å². The highest BCUT2D eigenvalue weighted by molar-refractivity contribution is 7.99. The van der Waals surface area contributed by atoms with E-state index < -0.39 is 12.1 Å². The van der Waals surface area contributed by atoms with Crippen molar-refractivity contribution in [3.05, 3.63) is 0 Å². The fourth-order valence-corrected chi connectivity index (χ4v) is 2.86. The van der Waals surface area contributed by atoms with Crippen LogP contribution < -0.4 is 5.32 Å². The minimum Gasteiger partial charge on any atom is -0.314 e. The fourth-order valence-electron chi connectivity index (χ4n) is 1.59. The van der Waals surface area contributed by atoms with Gasteiger partial charge in [-0.05, 0) is 18.6 Å². The first-order valence-electron chi connectivity index (χ1n) is 5.32. The summed E-state index contributed by atoms with van der Waals surface area (Å²) in [6.45, 7) is 0.274. The van der Waals surface area contributed by atoms with E-state index in [-0.39, 0.29) is 6.54 Å². The third-order valence-electron chi connectivity index (χ3n) is 2.55. The van der Waals surface area contributed by atoms with Crippen LogP contribution in [0.4, 0.5) is 13.2 Å². The summed E-state index contributed by atoms with van der Waals surface area (Å²) in [7, 11) is 0. The lowest BCUT2D eigenvalue weighted by Crippen LogP contribution is -2.36. The topological polar surface area (TPSA) is 35.8 Å². The zero-order chi connectivity index (χ0) is 12.0. The molecule has 0 radical (unpaired) electrons. The van der Waals surface area contributed by atoms with Gasteiger partial charge in [0.1, 0.15) is 0 Å². The summed E-state index contributed by atoms with van der Waals surface area (Å²) in [5, 5.41) is 11.5. The second kappa shape index (κ2) is 6.36. The Morgan fingerprint density at radius 1 is 1.44 bits per heavy atom. The number of nitrogens with one attached hydrogen (secondary N) is 1. The van der Waals surface area contributed by atoms with E-state index in [1.807, 2.05) is 0 Å². The molecule has 2 unspecified atom stereocenters. The smallest absolute Gasteiger partial charge is 0.314 e. The summed E-state index contributed by atoms with van der Waals surface area (Å²) in [4.78, 5) is 0. The second-order valence-electron chi connectivity index (χ2n) is 3.87. The number of rotatable bonds is 4. The van der Waals surface area contributed by atoms with Gasteiger partial charge in [-0.1, -0.05) is 6.42 Å². The Morgan fingerprint density at radius 3 is 2.69 bits per heavy atom. The van der Waals surface area contributed by atoms with Crippen LogP contribution in [-0.4, -0.2) is 30.3 Å². The van der Waals surface area contributed by atoms with Crippen molar-refractivity contribution in [2.45, 2.75) is 30.7 Å². The number of nitrogens with zero attached hydrogens (tertiary/aromatic N) is 1. The van der Waals surface area contributed by atoms with Crippen LogP contribution in [0.3, 0.4) is 0 Å². The van der Waals surface area contributed by atoms with Gasteiger partial charge in [0.2, 0.25) is 0 Å². The molecule has 0 aromatic rings. The van der Waals surface area contributed by atoms with E-state index in [1.165, 1.54) is 12.5 Å². The van der Waals surface area contributed by atoms with Gasteiger partial charge in [-0.2, -0.15) is 30.2 Å². The summed E-state index contributed by atoms with van der Waals surface area (Å²) < 4.78 is 36.7. The van der Waals surface area contributed by atoms with Gasteiger partial charge in [-0.3, -0.25) is 0 Å². The third kappa shape index (κ3) is 4.62. The van der Waals surface area contributed by atoms with Crippen LogP contribution in [-0.2, 0) is 0 Å². The van der Waals surface area contributed by atoms with Gasteiger partial charge in [0.15, 0.2) is 5.92 Å². The molecule has 0 aliphatic carbocycles. The van der Waals surface area contributed by atoms with E-state index in [0.717, 1.165) is 18.6 Å². The van der Waals surface area contributed by atoms with Crippen molar-refractivity contribution in [1.29, 1.82) is 5.26 Å². The predicted molar refractivity (Wildman–Crippen MR) is 58.1 cm³/mol. The first-order valence-corrected chi connectivity index (χ1v) is 6.37. The number of thioether (sulfide) groups is 1. The molecule has 1 aliphatic rings. The maximum atomic E-state index is 12.2. The molecule has 2 nitrogen and oxygen atoms in total. The van der Waals surface area contributed by atoms with E-state index >= 15 is 0 Å². The zero-order valence-corrected chi connectivity index (χ0v) is 9.70. The van der Waals surface area contributed by atoms with E-state index in [1.54, 1.807) is 11.8 Å². The highest BCUT2D eigenvalue weighted by Crippen LogP contribution is 2.26. The predicted octanol–water partition coefficient (Wildman–Crippen LogP) is 2.56. The summed E-state index contributed by atoms with van der Waals surface area (Å²) >= 11 is 1.80. The van der Waals surface area contributed by atoms with Gasteiger partial charge in [0.25, 0.3) is 0 Å². The van der Waals surface area contributed by atoms with Crippen LogP contribution in [0.15, 0.2) is 0 Å². The number of hydrogen-bond acceptors (Lipinski definition) is 3. The number of nitriles is 1. The third-order valence-corrected chi connectivity index (χ3v) is 3.94. The van der Waals surface area contributed by atoms with E-state index in [4.69, 9.17) is 5.26 Å². The lowest BCUT2D eigenvalue weighted by molar-refractivity contribution is -0.157. The minimum atomic E-state index is -4.42. The average molecular weight is 252 g/mol. The number of halogens is 3. The summed E-state index contributed by atoms with van der Waals surface area (Å²) in [5.74, 6) is -0.797. The zero-order valence-electron chi connectivity index (χ0n) is 8.89. The molecule has 0 amide bonds. The molecule has 0 spiro atoms. The minimum absolute atomic E-state index is 0.295. The van der Waals surface area contributed by atoms with Crippen molar-refractivity contribution < 1.29 is 13.2 Å². The Labute approximate surface area is 97.6 Å². The SMILES string of the molecule is N#CC(CNCC1CCCCS1)C(F)(F)F. The Balaban J connectivity index is 2.21. The largest absolute Gasteiger partial charge is 0.405 e. The summed E-state index contributed by atoms with van der Waals surface area (Å²) in [6, 6.07) is 1.29. The summed E-state index contributed by atoms with van der Waals surface area (Å²) in [5.41, 5.74) is 0. The Hall–Kier alpha value is -0.410. The number of alkyl halides is 3. The van der Waals surface area contributed by atoms with Gasteiger partial charge in [-0.25, -0.2) is 0 Å². The molecule has 0 saturated carbocycles. The molecule has 0 aromatic carbocycles. The van der Waals surface area contributed by atoms with Crippen molar-refractivity contribution >= 4 is 11.8 Å². The molecule has 0 aromatic heterocycles. The van der Waals surface area contributed by atoms with Crippen LogP contribution in [0.5, 0.6) is 0 Å². The van der Waals surface area contributed by atoms with Crippen LogP contribution in [0.1, 0.15) is 19.3 Å². The normalized spacial score (nSPS) is 23.8. The first-order chi connectivity index (χ1) is 7.54. The van der Waals surface area contributed by atoms with Gasteiger partial charge in [0, 0.05) is 18.3 Å². The fraction of sp³-hybridized carbons (Fsp3) is 0.900. The molecule has 1 heterocycles. The van der Waals surface area contributed by atoms with Gasteiger partial charge in [0.05, 0.1) is 6.07 Å². The maximum absolute atomic E-state index is 12.2. The first kappa shape index (κ1) is 13.7. The van der Waals surface area contributed by atoms with Crippen LogP contribution >= 0.6 is 11.8 Å². The van der Waals surface area contributed by atoms with Crippen molar-refractivity contribution in [2.24, 2.45) is 5.92 Å². The van der Waals surface area contributed by atoms with Crippen molar-refractivity contribution in [3.8, 4) is 6.07 Å². The standard InChI is InChI=1S/C10H15F3N2S/c11-10(12,13)8(5-14)6-15-7-9-3-1-2-4-16-9/h8-9,15H,1-4,6-7H2. The van der Waals surface area contributed by atoms with Crippen molar-refractivity contribution in [3.63, 3.8) is 0 Å². The van der Waals surface area contributed by atoms with E-state index in [2.05, 4.69) is 5.32 Å². The molecule has 1 fully saturated rings. The molecule has 6 heteroatoms. The monoisotopic (exact) mass is 252 g/mol. The lowest BCUT2D eigenvalue weighted by Gasteiger charge is -2.22. The van der Waals surface area contributed by atoms with Crippen molar-refractivity contribution in [2.75, 3.05) is 18.8 Å². The molecule has 16 heavy (non-hydrogen) atoms. The Bertz CT molecular complexity index is 243. The van der Waals surface area contributed by atoms with E-state index in [0.29, 0.717) is 11.8 Å². The van der Waals surface area contributed by atoms with Gasteiger partial charge in [-0.15, -0.1) is 0 Å². The molecule has 1 N–H and O–H groups in total. The van der Waals surface area contributed by atoms with Crippen molar-refractivity contribution in [1.82, 2.24) is 5.32 Å². The average Bonchev–Trinajstić information content (AvgIpc) is 2.24. The molecule has 1 rings (SSSR count). The second-order valence-corrected chi connectivity index (χ2v) is 5.28. The van der Waals surface area contributed by atoms with Crippen LogP contribution in [0.2, 0.25) is 0 Å². The molecule has 1 aliphatic heterocycles. The molecule has 2 atom stereocenters. The quantitative estimate of drug-likeness (QED) is 0.835. The van der Waals surface area contributed by atoms with Crippen LogP contribution in [0.25, 0.3) is 0 Å². The molecular weight excluding hydrogens is 237 g/mol. The Kier molecular flexibility index (Phi) is 5.42. The maximum Gasteiger partial charge on any atom is 0.405 e. The van der Waals surface area contributed by atoms with E-state index in [9.17, 15) is 13.2 Å². The molecule has 1 saturated heterocycles. The molecule has 0 bridgehead atoms. The Morgan fingerprint density at radius 2 is 2.19 bits per heavy atom. The highest BCUT2D eigenvalue weighted by atomic mass is 32.2. The summed E-state index contributed by atoms with van der Waals surface area (Å²) in [6.07, 6.45) is -1.01. The molecule has 92 valence electrons.